The van der Waals surface area contributed by atoms with Crippen LogP contribution in [0.25, 0.3) is 0 Å². The van der Waals surface area contributed by atoms with E-state index in [2.05, 4.69) is 10.2 Å². The smallest absolute Gasteiger partial charge is 0.410 e. The fraction of sp³-hybridized carbons (Fsp3) is 0.615. The number of aromatic nitrogens is 2. The second-order valence-electron chi connectivity index (χ2n) is 5.71. The van der Waals surface area contributed by atoms with Crippen molar-refractivity contribution >= 4 is 11.9 Å². The zero-order valence-corrected chi connectivity index (χ0v) is 11.6. The van der Waals surface area contributed by atoms with E-state index in [-0.39, 0.29) is 12.1 Å². The van der Waals surface area contributed by atoms with E-state index in [0.29, 0.717) is 12.4 Å². The number of nitrogens with zero attached hydrogens (tertiary/aromatic N) is 3. The lowest BCUT2D eigenvalue weighted by Crippen LogP contribution is -2.36. The van der Waals surface area contributed by atoms with Crippen LogP contribution < -0.4 is 5.73 Å². The maximum absolute atomic E-state index is 12.1. The molecule has 2 rings (SSSR count). The van der Waals surface area contributed by atoms with E-state index in [4.69, 9.17) is 10.5 Å². The monoisotopic (exact) mass is 264 g/mol. The summed E-state index contributed by atoms with van der Waals surface area (Å²) < 4.78 is 5.41. The lowest BCUT2D eigenvalue weighted by Gasteiger charge is -2.28. The number of ether oxygens (including phenoxy) is 1. The van der Waals surface area contributed by atoms with Gasteiger partial charge in [0.1, 0.15) is 11.4 Å². The minimum Gasteiger partial charge on any atom is -0.444 e. The second kappa shape index (κ2) is 5.03. The summed E-state index contributed by atoms with van der Waals surface area (Å²) in [7, 11) is 0. The first kappa shape index (κ1) is 13.6. The predicted octanol–water partition coefficient (Wildman–Crippen LogP) is 2.13. The van der Waals surface area contributed by atoms with Gasteiger partial charge in [0, 0.05) is 6.54 Å². The van der Waals surface area contributed by atoms with Crippen molar-refractivity contribution in [2.24, 2.45) is 0 Å². The normalized spacial score (nSPS) is 19.5. The third-order valence-corrected chi connectivity index (χ3v) is 2.93. The molecule has 0 bridgehead atoms. The summed E-state index contributed by atoms with van der Waals surface area (Å²) in [6.45, 7) is 6.27. The van der Waals surface area contributed by atoms with E-state index in [9.17, 15) is 4.79 Å². The number of nitrogen functional groups attached to an aromatic ring is 1. The lowest BCUT2D eigenvalue weighted by molar-refractivity contribution is 0.0221. The minimum atomic E-state index is -0.489. The molecule has 1 aromatic rings. The average molecular weight is 264 g/mol. The number of amides is 1. The van der Waals surface area contributed by atoms with E-state index in [1.165, 1.54) is 0 Å². The molecule has 6 heteroatoms. The van der Waals surface area contributed by atoms with Gasteiger partial charge >= 0.3 is 6.09 Å². The highest BCUT2D eigenvalue weighted by molar-refractivity contribution is 5.69. The Bertz CT molecular complexity index is 453. The fourth-order valence-corrected chi connectivity index (χ4v) is 2.14. The molecule has 1 aliphatic rings. The molecule has 0 unspecified atom stereocenters. The molecule has 0 spiro atoms. The molecule has 0 radical (unpaired) electrons. The molecular weight excluding hydrogens is 244 g/mol. The molecule has 1 saturated heterocycles. The van der Waals surface area contributed by atoms with Crippen LogP contribution in [0.15, 0.2) is 12.1 Å². The Balaban J connectivity index is 2.12. The molecule has 1 aliphatic heterocycles. The van der Waals surface area contributed by atoms with Crippen LogP contribution in [0.2, 0.25) is 0 Å². The van der Waals surface area contributed by atoms with E-state index < -0.39 is 5.60 Å². The first-order valence-electron chi connectivity index (χ1n) is 6.45. The summed E-state index contributed by atoms with van der Waals surface area (Å²) in [6.07, 6.45) is 1.52. The van der Waals surface area contributed by atoms with Crippen LogP contribution in [0, 0.1) is 0 Å². The van der Waals surface area contributed by atoms with Crippen molar-refractivity contribution in [3.8, 4) is 0 Å². The van der Waals surface area contributed by atoms with Crippen LogP contribution in [0.3, 0.4) is 0 Å². The van der Waals surface area contributed by atoms with Gasteiger partial charge in [-0.2, -0.15) is 5.10 Å². The Morgan fingerprint density at radius 3 is 2.74 bits per heavy atom. The van der Waals surface area contributed by atoms with Crippen molar-refractivity contribution in [1.29, 1.82) is 0 Å². The Hall–Kier alpha value is -1.85. The van der Waals surface area contributed by atoms with Gasteiger partial charge in [-0.3, -0.25) is 4.90 Å². The van der Waals surface area contributed by atoms with Gasteiger partial charge in [-0.25, -0.2) is 4.79 Å². The molecule has 0 saturated carbocycles. The van der Waals surface area contributed by atoms with Gasteiger partial charge in [0.15, 0.2) is 0 Å². The number of anilines is 1. The van der Waals surface area contributed by atoms with Gasteiger partial charge in [-0.1, -0.05) is 0 Å². The van der Waals surface area contributed by atoms with Crippen LogP contribution in [0.5, 0.6) is 0 Å². The first-order chi connectivity index (χ1) is 8.87. The van der Waals surface area contributed by atoms with Crippen molar-refractivity contribution in [2.75, 3.05) is 12.3 Å². The Morgan fingerprint density at radius 1 is 1.42 bits per heavy atom. The van der Waals surface area contributed by atoms with Gasteiger partial charge in [0.05, 0.1) is 11.7 Å². The highest BCUT2D eigenvalue weighted by Crippen LogP contribution is 2.31. The standard InChI is InChI=1S/C13H20N4O2/c1-13(2,3)19-12(18)17-8-4-5-10(17)9-6-7-11(14)16-15-9/h6-7,10H,4-5,8H2,1-3H3,(H2,14,16)/t10-/m0/s1. The molecule has 6 nitrogen and oxygen atoms in total. The quantitative estimate of drug-likeness (QED) is 0.840. The Labute approximate surface area is 112 Å². The number of hydrogen-bond donors (Lipinski definition) is 1. The summed E-state index contributed by atoms with van der Waals surface area (Å²) in [5.74, 6) is 0.380. The molecule has 1 amide bonds. The van der Waals surface area contributed by atoms with Crippen molar-refractivity contribution in [3.05, 3.63) is 17.8 Å². The molecule has 2 heterocycles. The summed E-state index contributed by atoms with van der Waals surface area (Å²) in [5.41, 5.74) is 5.80. The van der Waals surface area contributed by atoms with Crippen LogP contribution in [-0.2, 0) is 4.74 Å². The SMILES string of the molecule is CC(C)(C)OC(=O)N1CCC[C@H]1c1ccc(N)nn1. The maximum Gasteiger partial charge on any atom is 0.410 e. The van der Waals surface area contributed by atoms with E-state index in [0.717, 1.165) is 18.5 Å². The number of hydrogen-bond acceptors (Lipinski definition) is 5. The molecule has 104 valence electrons. The molecule has 1 aromatic heterocycles. The average Bonchev–Trinajstić information content (AvgIpc) is 2.76. The Morgan fingerprint density at radius 2 is 2.16 bits per heavy atom. The topological polar surface area (TPSA) is 81.3 Å². The third-order valence-electron chi connectivity index (χ3n) is 2.93. The molecule has 1 fully saturated rings. The van der Waals surface area contributed by atoms with E-state index in [1.54, 1.807) is 11.0 Å². The van der Waals surface area contributed by atoms with Crippen molar-refractivity contribution in [2.45, 2.75) is 45.3 Å². The van der Waals surface area contributed by atoms with Crippen molar-refractivity contribution < 1.29 is 9.53 Å². The summed E-state index contributed by atoms with van der Waals surface area (Å²) in [6, 6.07) is 3.45. The second-order valence-corrected chi connectivity index (χ2v) is 5.71. The summed E-state index contributed by atoms with van der Waals surface area (Å²) in [4.78, 5) is 13.9. The molecule has 2 N–H and O–H groups in total. The van der Waals surface area contributed by atoms with Crippen molar-refractivity contribution in [3.63, 3.8) is 0 Å². The molecule has 0 aliphatic carbocycles. The van der Waals surface area contributed by atoms with E-state index >= 15 is 0 Å². The van der Waals surface area contributed by atoms with Gasteiger partial charge in [-0.05, 0) is 45.7 Å². The number of carbonyl (C=O) groups is 1. The van der Waals surface area contributed by atoms with Gasteiger partial charge in [0.2, 0.25) is 0 Å². The van der Waals surface area contributed by atoms with Crippen LogP contribution >= 0.6 is 0 Å². The summed E-state index contributed by atoms with van der Waals surface area (Å²) >= 11 is 0. The molecule has 0 aromatic carbocycles. The highest BCUT2D eigenvalue weighted by Gasteiger charge is 2.34. The molecule has 19 heavy (non-hydrogen) atoms. The lowest BCUT2D eigenvalue weighted by atomic mass is 10.1. The zero-order valence-electron chi connectivity index (χ0n) is 11.6. The molecular formula is C13H20N4O2. The van der Waals surface area contributed by atoms with Crippen LogP contribution in [-0.4, -0.2) is 33.3 Å². The summed E-state index contributed by atoms with van der Waals surface area (Å²) in [5, 5.41) is 7.91. The van der Waals surface area contributed by atoms with Crippen LogP contribution in [0.1, 0.15) is 45.3 Å². The van der Waals surface area contributed by atoms with Crippen molar-refractivity contribution in [1.82, 2.24) is 15.1 Å². The van der Waals surface area contributed by atoms with E-state index in [1.807, 2.05) is 26.8 Å². The van der Waals surface area contributed by atoms with Gasteiger partial charge in [0.25, 0.3) is 0 Å². The highest BCUT2D eigenvalue weighted by atomic mass is 16.6. The maximum atomic E-state index is 12.1. The fourth-order valence-electron chi connectivity index (χ4n) is 2.14. The Kier molecular flexibility index (Phi) is 3.59. The minimum absolute atomic E-state index is 0.0667. The number of carbonyl (C=O) groups excluding carboxylic acids is 1. The number of nitrogens with two attached hydrogens (primary N) is 1. The number of rotatable bonds is 1. The van der Waals surface area contributed by atoms with Crippen LogP contribution in [0.4, 0.5) is 10.6 Å². The largest absolute Gasteiger partial charge is 0.444 e. The third kappa shape index (κ3) is 3.33. The first-order valence-corrected chi connectivity index (χ1v) is 6.45. The predicted molar refractivity (Wildman–Crippen MR) is 71.4 cm³/mol. The van der Waals surface area contributed by atoms with Gasteiger partial charge in [-0.15, -0.1) is 5.10 Å². The zero-order chi connectivity index (χ0) is 14.0. The number of likely N-dealkylation sites (tertiary alicyclic amines) is 1. The van der Waals surface area contributed by atoms with Gasteiger partial charge < -0.3 is 10.5 Å². The molecule has 1 atom stereocenters.